The summed E-state index contributed by atoms with van der Waals surface area (Å²) in [6, 6.07) is 10.6. The number of carbonyl (C=O) groups is 1. The van der Waals surface area contributed by atoms with Crippen LogP contribution in [0.15, 0.2) is 36.4 Å². The number of methoxy groups -OCH3 is 2. The molecule has 0 fully saturated rings. The van der Waals surface area contributed by atoms with Crippen LogP contribution in [0.4, 0.5) is 11.4 Å². The minimum absolute atomic E-state index is 0.0993. The second kappa shape index (κ2) is 9.03. The van der Waals surface area contributed by atoms with Gasteiger partial charge in [-0.05, 0) is 31.2 Å². The smallest absolute Gasteiger partial charge is 0.243 e. The summed E-state index contributed by atoms with van der Waals surface area (Å²) in [7, 11) is 3.01. The minimum atomic E-state index is -0.225. The van der Waals surface area contributed by atoms with Crippen molar-refractivity contribution in [3.8, 4) is 17.2 Å². The van der Waals surface area contributed by atoms with E-state index >= 15 is 0 Å². The van der Waals surface area contributed by atoms with E-state index in [1.165, 1.54) is 14.2 Å². The SMILES string of the molecule is CCOc1ccc(NCC(=O)Nc2cc(OC)c(Cl)cc2OC)cc1. The van der Waals surface area contributed by atoms with Crippen LogP contribution in [0.2, 0.25) is 5.02 Å². The molecule has 6 nitrogen and oxygen atoms in total. The summed E-state index contributed by atoms with van der Waals surface area (Å²) in [5.41, 5.74) is 1.31. The zero-order chi connectivity index (χ0) is 18.2. The van der Waals surface area contributed by atoms with Crippen LogP contribution >= 0.6 is 11.6 Å². The van der Waals surface area contributed by atoms with Crippen LogP contribution in [0, 0.1) is 0 Å². The molecule has 0 atom stereocenters. The average molecular weight is 365 g/mol. The van der Waals surface area contributed by atoms with Crippen molar-refractivity contribution in [3.05, 3.63) is 41.4 Å². The molecule has 0 saturated carbocycles. The molecule has 7 heteroatoms. The summed E-state index contributed by atoms with van der Waals surface area (Å²) >= 11 is 6.05. The number of rotatable bonds is 8. The summed E-state index contributed by atoms with van der Waals surface area (Å²) in [5.74, 6) is 1.48. The molecule has 2 aromatic carbocycles. The monoisotopic (exact) mass is 364 g/mol. The van der Waals surface area contributed by atoms with Crippen LogP contribution < -0.4 is 24.8 Å². The number of benzene rings is 2. The molecule has 0 aliphatic heterocycles. The number of hydrogen-bond donors (Lipinski definition) is 2. The van der Waals surface area contributed by atoms with Gasteiger partial charge >= 0.3 is 0 Å². The van der Waals surface area contributed by atoms with Gasteiger partial charge in [-0.2, -0.15) is 0 Å². The highest BCUT2D eigenvalue weighted by atomic mass is 35.5. The van der Waals surface area contributed by atoms with Crippen LogP contribution in [-0.2, 0) is 4.79 Å². The Morgan fingerprint density at radius 3 is 2.36 bits per heavy atom. The first-order valence-electron chi connectivity index (χ1n) is 7.75. The van der Waals surface area contributed by atoms with Gasteiger partial charge in [0.1, 0.15) is 17.2 Å². The maximum absolute atomic E-state index is 12.2. The number of hydrogen-bond acceptors (Lipinski definition) is 5. The van der Waals surface area contributed by atoms with E-state index in [-0.39, 0.29) is 12.5 Å². The number of ether oxygens (including phenoxy) is 3. The Morgan fingerprint density at radius 1 is 1.08 bits per heavy atom. The summed E-state index contributed by atoms with van der Waals surface area (Å²) in [4.78, 5) is 12.2. The van der Waals surface area contributed by atoms with Gasteiger partial charge in [0.15, 0.2) is 0 Å². The Kier molecular flexibility index (Phi) is 6.77. The van der Waals surface area contributed by atoms with E-state index in [0.717, 1.165) is 11.4 Å². The quantitative estimate of drug-likeness (QED) is 0.745. The molecule has 2 N–H and O–H groups in total. The third kappa shape index (κ3) is 5.19. The van der Waals surface area contributed by atoms with E-state index in [4.69, 9.17) is 25.8 Å². The molecule has 2 aromatic rings. The van der Waals surface area contributed by atoms with Gasteiger partial charge in [-0.15, -0.1) is 0 Å². The maximum atomic E-state index is 12.2. The van der Waals surface area contributed by atoms with Crippen molar-refractivity contribution in [1.29, 1.82) is 0 Å². The number of anilines is 2. The van der Waals surface area contributed by atoms with Gasteiger partial charge < -0.3 is 24.8 Å². The third-order valence-corrected chi connectivity index (χ3v) is 3.66. The molecule has 0 spiro atoms. The third-order valence-electron chi connectivity index (χ3n) is 3.37. The molecule has 0 heterocycles. The highest BCUT2D eigenvalue weighted by Gasteiger charge is 2.12. The van der Waals surface area contributed by atoms with E-state index in [9.17, 15) is 4.79 Å². The van der Waals surface area contributed by atoms with E-state index in [1.807, 2.05) is 31.2 Å². The molecule has 0 bridgehead atoms. The molecule has 0 aliphatic rings. The van der Waals surface area contributed by atoms with Gasteiger partial charge in [0.05, 0.1) is 38.1 Å². The molecule has 134 valence electrons. The van der Waals surface area contributed by atoms with Crippen molar-refractivity contribution < 1.29 is 19.0 Å². The van der Waals surface area contributed by atoms with Gasteiger partial charge in [0, 0.05) is 17.8 Å². The largest absolute Gasteiger partial charge is 0.495 e. The zero-order valence-electron chi connectivity index (χ0n) is 14.4. The second-order valence-corrected chi connectivity index (χ2v) is 5.45. The lowest BCUT2D eigenvalue weighted by atomic mass is 10.2. The lowest BCUT2D eigenvalue weighted by Gasteiger charge is -2.14. The molecular formula is C18H21ClN2O4. The van der Waals surface area contributed by atoms with Crippen LogP contribution in [0.3, 0.4) is 0 Å². The fraction of sp³-hybridized carbons (Fsp3) is 0.278. The van der Waals surface area contributed by atoms with Crippen LogP contribution in [0.5, 0.6) is 17.2 Å². The van der Waals surface area contributed by atoms with Gasteiger partial charge in [-0.25, -0.2) is 0 Å². The zero-order valence-corrected chi connectivity index (χ0v) is 15.1. The fourth-order valence-corrected chi connectivity index (χ4v) is 2.40. The minimum Gasteiger partial charge on any atom is -0.495 e. The number of nitrogens with one attached hydrogen (secondary N) is 2. The van der Waals surface area contributed by atoms with Crippen LogP contribution in [-0.4, -0.2) is 33.3 Å². The highest BCUT2D eigenvalue weighted by Crippen LogP contribution is 2.35. The van der Waals surface area contributed by atoms with Crippen LogP contribution in [0.1, 0.15) is 6.92 Å². The normalized spacial score (nSPS) is 10.1. The number of halogens is 1. The van der Waals surface area contributed by atoms with E-state index < -0.39 is 0 Å². The summed E-state index contributed by atoms with van der Waals surface area (Å²) in [5, 5.41) is 6.23. The van der Waals surface area contributed by atoms with E-state index in [2.05, 4.69) is 10.6 Å². The first kappa shape index (κ1) is 18.7. The molecule has 25 heavy (non-hydrogen) atoms. The van der Waals surface area contributed by atoms with Crippen molar-refractivity contribution in [2.75, 3.05) is 38.0 Å². The maximum Gasteiger partial charge on any atom is 0.243 e. The molecule has 0 unspecified atom stereocenters. The summed E-state index contributed by atoms with van der Waals surface area (Å²) < 4.78 is 15.8. The number of amides is 1. The summed E-state index contributed by atoms with van der Waals surface area (Å²) in [6.07, 6.45) is 0. The van der Waals surface area contributed by atoms with Crippen molar-refractivity contribution in [2.45, 2.75) is 6.92 Å². The second-order valence-electron chi connectivity index (χ2n) is 5.05. The van der Waals surface area contributed by atoms with Crippen molar-refractivity contribution in [3.63, 3.8) is 0 Å². The Morgan fingerprint density at radius 2 is 1.76 bits per heavy atom. The van der Waals surface area contributed by atoms with Gasteiger partial charge in [0.25, 0.3) is 0 Å². The Hall–Kier alpha value is -2.60. The predicted molar refractivity (Wildman–Crippen MR) is 99.3 cm³/mol. The van der Waals surface area contributed by atoms with Gasteiger partial charge in [0.2, 0.25) is 5.91 Å². The van der Waals surface area contributed by atoms with E-state index in [1.54, 1.807) is 12.1 Å². The summed E-state index contributed by atoms with van der Waals surface area (Å²) in [6.45, 7) is 2.64. The lowest BCUT2D eigenvalue weighted by Crippen LogP contribution is -2.22. The van der Waals surface area contributed by atoms with E-state index in [0.29, 0.717) is 28.8 Å². The first-order chi connectivity index (χ1) is 12.1. The molecule has 0 aromatic heterocycles. The Labute approximate surface area is 152 Å². The Bertz CT molecular complexity index is 720. The lowest BCUT2D eigenvalue weighted by molar-refractivity contribution is -0.114. The van der Waals surface area contributed by atoms with Crippen molar-refractivity contribution in [2.24, 2.45) is 0 Å². The average Bonchev–Trinajstić information content (AvgIpc) is 2.62. The van der Waals surface area contributed by atoms with Gasteiger partial charge in [-0.3, -0.25) is 4.79 Å². The molecule has 0 saturated heterocycles. The standard InChI is InChI=1S/C18H21ClN2O4/c1-4-25-13-7-5-12(6-8-13)20-11-18(22)21-15-10-16(23-2)14(19)9-17(15)24-3/h5-10,20H,4,11H2,1-3H3,(H,21,22). The number of carbonyl (C=O) groups excluding carboxylic acids is 1. The highest BCUT2D eigenvalue weighted by molar-refractivity contribution is 6.32. The fourth-order valence-electron chi connectivity index (χ4n) is 2.17. The van der Waals surface area contributed by atoms with Crippen molar-refractivity contribution >= 4 is 28.9 Å². The van der Waals surface area contributed by atoms with Gasteiger partial charge in [-0.1, -0.05) is 11.6 Å². The topological polar surface area (TPSA) is 68.8 Å². The molecule has 0 aliphatic carbocycles. The van der Waals surface area contributed by atoms with Crippen molar-refractivity contribution in [1.82, 2.24) is 0 Å². The molecule has 0 radical (unpaired) electrons. The molecular weight excluding hydrogens is 344 g/mol. The predicted octanol–water partition coefficient (Wildman–Crippen LogP) is 3.81. The Balaban J connectivity index is 1.98. The first-order valence-corrected chi connectivity index (χ1v) is 8.13. The molecule has 2 rings (SSSR count). The molecule has 1 amide bonds. The van der Waals surface area contributed by atoms with Crippen LogP contribution in [0.25, 0.3) is 0 Å².